The first-order valence-corrected chi connectivity index (χ1v) is 3.81. The Morgan fingerprint density at radius 2 is 2.31 bits per heavy atom. The molecule has 0 spiro atoms. The van der Waals surface area contributed by atoms with Crippen LogP contribution >= 0.6 is 0 Å². The van der Waals surface area contributed by atoms with Crippen molar-refractivity contribution in [2.75, 3.05) is 0 Å². The van der Waals surface area contributed by atoms with Gasteiger partial charge in [0, 0.05) is 18.9 Å². The number of hydrogen-bond acceptors (Lipinski definition) is 3. The summed E-state index contributed by atoms with van der Waals surface area (Å²) in [5, 5.41) is 18.1. The third-order valence-corrected chi connectivity index (χ3v) is 1.91. The van der Waals surface area contributed by atoms with Crippen molar-refractivity contribution in [3.63, 3.8) is 0 Å². The molecule has 1 rings (SSSR count). The van der Waals surface area contributed by atoms with Gasteiger partial charge in [0.05, 0.1) is 0 Å². The highest BCUT2D eigenvalue weighted by Crippen LogP contribution is 2.15. The third kappa shape index (κ3) is 1.88. The molecule has 0 amide bonds. The molecule has 0 saturated heterocycles. The summed E-state index contributed by atoms with van der Waals surface area (Å²) in [6.07, 6.45) is 0.546. The number of rotatable bonds is 3. The van der Waals surface area contributed by atoms with Gasteiger partial charge in [-0.1, -0.05) is 0 Å². The first-order valence-electron chi connectivity index (χ1n) is 3.81. The van der Waals surface area contributed by atoms with Crippen molar-refractivity contribution >= 4 is 5.97 Å². The van der Waals surface area contributed by atoms with E-state index in [9.17, 15) is 9.90 Å². The number of carboxylic acid groups (broad SMARTS) is 1. The maximum atomic E-state index is 10.5. The molecule has 13 heavy (non-hydrogen) atoms. The summed E-state index contributed by atoms with van der Waals surface area (Å²) in [5.74, 6) is -1.21. The minimum Gasteiger partial charge on any atom is -0.480 e. The second kappa shape index (κ2) is 3.59. The zero-order valence-electron chi connectivity index (χ0n) is 7.21. The van der Waals surface area contributed by atoms with Crippen LogP contribution in [0.2, 0.25) is 0 Å². The molecule has 0 fully saturated rings. The smallest absolute Gasteiger partial charge is 0.323 e. The third-order valence-electron chi connectivity index (χ3n) is 1.91. The topological polar surface area (TPSA) is 88.5 Å². The Morgan fingerprint density at radius 3 is 2.69 bits per heavy atom. The molecule has 0 aliphatic heterocycles. The molecule has 0 radical (unpaired) electrons. The molecular formula is C8H12N2O3. The van der Waals surface area contributed by atoms with Crippen molar-refractivity contribution in [1.29, 1.82) is 0 Å². The first kappa shape index (κ1) is 9.76. The van der Waals surface area contributed by atoms with Gasteiger partial charge in [-0.15, -0.1) is 0 Å². The predicted molar refractivity (Wildman–Crippen MR) is 46.0 cm³/mol. The van der Waals surface area contributed by atoms with Crippen molar-refractivity contribution in [3.05, 3.63) is 24.0 Å². The van der Waals surface area contributed by atoms with Crippen LogP contribution in [0.4, 0.5) is 0 Å². The van der Waals surface area contributed by atoms with Gasteiger partial charge in [-0.25, -0.2) is 0 Å². The van der Waals surface area contributed by atoms with Crippen LogP contribution in [0.1, 0.15) is 11.8 Å². The number of hydrogen-bond donors (Lipinski definition) is 3. The summed E-state index contributed by atoms with van der Waals surface area (Å²) < 4.78 is 1.63. The number of aryl methyl sites for hydroxylation is 1. The highest BCUT2D eigenvalue weighted by atomic mass is 16.4. The van der Waals surface area contributed by atoms with Crippen LogP contribution in [0.5, 0.6) is 0 Å². The molecule has 72 valence electrons. The van der Waals surface area contributed by atoms with E-state index < -0.39 is 18.1 Å². The normalized spacial score (nSPS) is 15.3. The zero-order valence-corrected chi connectivity index (χ0v) is 7.21. The second-order valence-corrected chi connectivity index (χ2v) is 2.85. The Bertz CT molecular complexity index is 308. The average Bonchev–Trinajstić information content (AvgIpc) is 2.48. The Labute approximate surface area is 75.4 Å². The van der Waals surface area contributed by atoms with Gasteiger partial charge < -0.3 is 20.5 Å². The van der Waals surface area contributed by atoms with Crippen LogP contribution < -0.4 is 5.73 Å². The van der Waals surface area contributed by atoms with E-state index >= 15 is 0 Å². The Balaban J connectivity index is 2.85. The molecule has 1 aromatic rings. The van der Waals surface area contributed by atoms with Crippen LogP contribution in [-0.2, 0) is 11.8 Å². The molecular weight excluding hydrogens is 172 g/mol. The molecule has 4 N–H and O–H groups in total. The van der Waals surface area contributed by atoms with E-state index in [0.717, 1.165) is 0 Å². The van der Waals surface area contributed by atoms with Crippen LogP contribution in [0.3, 0.4) is 0 Å². The summed E-state index contributed by atoms with van der Waals surface area (Å²) in [6, 6.07) is 2.06. The molecule has 0 aromatic carbocycles. The number of carboxylic acids is 1. The molecule has 5 nitrogen and oxygen atoms in total. The van der Waals surface area contributed by atoms with E-state index in [1.807, 2.05) is 0 Å². The summed E-state index contributed by atoms with van der Waals surface area (Å²) in [6.45, 7) is 0. The van der Waals surface area contributed by atoms with E-state index in [0.29, 0.717) is 5.69 Å². The minimum atomic E-state index is -1.28. The molecule has 1 aromatic heterocycles. The van der Waals surface area contributed by atoms with Crippen molar-refractivity contribution in [3.8, 4) is 0 Å². The van der Waals surface area contributed by atoms with E-state index in [-0.39, 0.29) is 0 Å². The van der Waals surface area contributed by atoms with Gasteiger partial charge in [0.15, 0.2) is 0 Å². The van der Waals surface area contributed by atoms with Crippen molar-refractivity contribution < 1.29 is 15.0 Å². The molecule has 1 heterocycles. The van der Waals surface area contributed by atoms with Crippen molar-refractivity contribution in [2.45, 2.75) is 12.1 Å². The molecule has 0 aliphatic carbocycles. The quantitative estimate of drug-likeness (QED) is 0.589. The molecule has 0 aliphatic rings. The molecule has 0 saturated carbocycles. The predicted octanol–water partition coefficient (Wildman–Crippen LogP) is -0.530. The van der Waals surface area contributed by atoms with Gasteiger partial charge in [0.2, 0.25) is 0 Å². The SMILES string of the molecule is Cn1cccc1C(O)C(N)C(=O)O. The fraction of sp³-hybridized carbons (Fsp3) is 0.375. The molecule has 2 atom stereocenters. The minimum absolute atomic E-state index is 0.495. The standard InChI is InChI=1S/C8H12N2O3/c1-10-4-2-3-5(10)7(11)6(9)8(12)13/h2-4,6-7,11H,9H2,1H3,(H,12,13). The lowest BCUT2D eigenvalue weighted by Crippen LogP contribution is -2.37. The highest BCUT2D eigenvalue weighted by Gasteiger charge is 2.24. The number of aliphatic hydroxyl groups excluding tert-OH is 1. The lowest BCUT2D eigenvalue weighted by molar-refractivity contribution is -0.141. The first-order chi connectivity index (χ1) is 6.04. The number of nitrogens with zero attached hydrogens (tertiary/aromatic N) is 1. The highest BCUT2D eigenvalue weighted by molar-refractivity contribution is 5.74. The summed E-state index contributed by atoms with van der Waals surface area (Å²) in [4.78, 5) is 10.5. The van der Waals surface area contributed by atoms with E-state index in [1.54, 1.807) is 29.9 Å². The lowest BCUT2D eigenvalue weighted by atomic mass is 10.1. The number of nitrogens with two attached hydrogens (primary N) is 1. The van der Waals surface area contributed by atoms with Crippen molar-refractivity contribution in [2.24, 2.45) is 12.8 Å². The Morgan fingerprint density at radius 1 is 1.69 bits per heavy atom. The summed E-state index contributed by atoms with van der Waals surface area (Å²) in [7, 11) is 1.72. The molecule has 0 bridgehead atoms. The Kier molecular flexibility index (Phi) is 2.69. The number of aliphatic carboxylic acids is 1. The number of carbonyl (C=O) groups is 1. The van der Waals surface area contributed by atoms with Crippen molar-refractivity contribution in [1.82, 2.24) is 4.57 Å². The van der Waals surface area contributed by atoms with E-state index in [2.05, 4.69) is 0 Å². The van der Waals surface area contributed by atoms with Gasteiger partial charge in [-0.05, 0) is 12.1 Å². The number of aliphatic hydroxyl groups is 1. The average molecular weight is 184 g/mol. The van der Waals surface area contributed by atoms with Gasteiger partial charge in [-0.2, -0.15) is 0 Å². The largest absolute Gasteiger partial charge is 0.480 e. The summed E-state index contributed by atoms with van der Waals surface area (Å²) in [5.41, 5.74) is 5.75. The Hall–Kier alpha value is -1.33. The lowest BCUT2D eigenvalue weighted by Gasteiger charge is -2.15. The van der Waals surface area contributed by atoms with Gasteiger partial charge in [-0.3, -0.25) is 4.79 Å². The van der Waals surface area contributed by atoms with Gasteiger partial charge in [0.1, 0.15) is 12.1 Å². The van der Waals surface area contributed by atoms with E-state index in [4.69, 9.17) is 10.8 Å². The monoisotopic (exact) mass is 184 g/mol. The summed E-state index contributed by atoms with van der Waals surface area (Å²) >= 11 is 0. The second-order valence-electron chi connectivity index (χ2n) is 2.85. The molecule has 5 heteroatoms. The van der Waals surface area contributed by atoms with Crippen LogP contribution in [-0.4, -0.2) is 26.8 Å². The van der Waals surface area contributed by atoms with E-state index in [1.165, 1.54) is 0 Å². The number of aromatic nitrogens is 1. The van der Waals surface area contributed by atoms with Crippen LogP contribution in [0.25, 0.3) is 0 Å². The maximum Gasteiger partial charge on any atom is 0.323 e. The maximum absolute atomic E-state index is 10.5. The zero-order chi connectivity index (χ0) is 10.0. The fourth-order valence-corrected chi connectivity index (χ4v) is 1.10. The fourth-order valence-electron chi connectivity index (χ4n) is 1.10. The van der Waals surface area contributed by atoms with Gasteiger partial charge in [0.25, 0.3) is 0 Å². The molecule has 2 unspecified atom stereocenters. The van der Waals surface area contributed by atoms with Crippen LogP contribution in [0.15, 0.2) is 18.3 Å². The van der Waals surface area contributed by atoms with Crippen LogP contribution in [0, 0.1) is 0 Å². The van der Waals surface area contributed by atoms with Gasteiger partial charge >= 0.3 is 5.97 Å².